The van der Waals surface area contributed by atoms with E-state index in [0.717, 1.165) is 11.8 Å². The molecule has 0 saturated carbocycles. The molecule has 0 N–H and O–H groups in total. The summed E-state index contributed by atoms with van der Waals surface area (Å²) in [6, 6.07) is 9.98. The molecule has 0 aliphatic carbocycles. The number of carbonyl (C=O) groups is 1. The Balaban J connectivity index is 0.000000804. The molecule has 0 aromatic heterocycles. The quantitative estimate of drug-likeness (QED) is 0.214. The fraction of sp³-hybridized carbons (Fsp3) is 0.400. The van der Waals surface area contributed by atoms with Crippen molar-refractivity contribution in [2.24, 2.45) is 0 Å². The Kier molecular flexibility index (Phi) is 12.1. The van der Waals surface area contributed by atoms with Crippen LogP contribution in [0, 0.1) is 12.7 Å². The van der Waals surface area contributed by atoms with Crippen LogP contribution in [0.3, 0.4) is 0 Å². The van der Waals surface area contributed by atoms with Gasteiger partial charge in [-0.1, -0.05) is 54.4 Å². The molecule has 0 aliphatic rings. The average molecular weight is 479 g/mol. The minimum absolute atomic E-state index is 0.0533. The molecule has 0 atom stereocenters. The summed E-state index contributed by atoms with van der Waals surface area (Å²) in [6.07, 6.45) is 5.14. The van der Waals surface area contributed by atoms with Crippen molar-refractivity contribution < 1.29 is 18.7 Å². The molecular formula is C25H32BrFO3. The molecular weight excluding hydrogens is 447 g/mol. The second-order valence-corrected chi connectivity index (χ2v) is 7.49. The van der Waals surface area contributed by atoms with Gasteiger partial charge in [0.2, 0.25) is 0 Å². The molecule has 0 radical (unpaired) electrons. The number of ketones is 1. The van der Waals surface area contributed by atoms with Gasteiger partial charge in [-0.05, 0) is 56.5 Å². The zero-order valence-electron chi connectivity index (χ0n) is 18.6. The molecule has 0 fully saturated rings. The van der Waals surface area contributed by atoms with Crippen LogP contribution in [0.2, 0.25) is 0 Å². The molecule has 0 bridgehead atoms. The fourth-order valence-electron chi connectivity index (χ4n) is 2.77. The Labute approximate surface area is 188 Å². The lowest BCUT2D eigenvalue weighted by Crippen LogP contribution is -2.10. The summed E-state index contributed by atoms with van der Waals surface area (Å²) >= 11 is 3.31. The van der Waals surface area contributed by atoms with Crippen LogP contribution >= 0.6 is 15.9 Å². The molecule has 5 heteroatoms. The van der Waals surface area contributed by atoms with Crippen molar-refractivity contribution in [1.82, 2.24) is 0 Å². The van der Waals surface area contributed by atoms with Crippen LogP contribution in [0.25, 0.3) is 5.57 Å². The Morgan fingerprint density at radius 3 is 2.23 bits per heavy atom. The molecule has 0 aliphatic heterocycles. The smallest absolute Gasteiger partial charge is 0.196 e. The highest BCUT2D eigenvalue weighted by molar-refractivity contribution is 9.09. The van der Waals surface area contributed by atoms with Gasteiger partial charge < -0.3 is 9.47 Å². The predicted molar refractivity (Wildman–Crippen MR) is 127 cm³/mol. The number of carbonyl (C=O) groups excluding carboxylic acids is 1. The first-order chi connectivity index (χ1) is 14.4. The highest BCUT2D eigenvalue weighted by Gasteiger charge is 2.22. The zero-order valence-corrected chi connectivity index (χ0v) is 20.1. The highest BCUT2D eigenvalue weighted by Crippen LogP contribution is 2.30. The van der Waals surface area contributed by atoms with Crippen LogP contribution in [-0.4, -0.2) is 24.8 Å². The van der Waals surface area contributed by atoms with E-state index in [0.29, 0.717) is 34.8 Å². The zero-order chi connectivity index (χ0) is 22.5. The maximum Gasteiger partial charge on any atom is 0.196 e. The molecule has 0 spiro atoms. The molecule has 0 unspecified atom stereocenters. The van der Waals surface area contributed by atoms with Gasteiger partial charge in [0.1, 0.15) is 17.3 Å². The van der Waals surface area contributed by atoms with Crippen LogP contribution in [0.15, 0.2) is 42.5 Å². The second kappa shape index (κ2) is 14.0. The van der Waals surface area contributed by atoms with Crippen LogP contribution in [0.1, 0.15) is 61.5 Å². The maximum atomic E-state index is 14.4. The van der Waals surface area contributed by atoms with E-state index >= 15 is 0 Å². The summed E-state index contributed by atoms with van der Waals surface area (Å²) in [7, 11) is 1.58. The van der Waals surface area contributed by atoms with Gasteiger partial charge in [0, 0.05) is 16.5 Å². The van der Waals surface area contributed by atoms with Crippen molar-refractivity contribution in [2.45, 2.75) is 47.0 Å². The molecule has 3 nitrogen and oxygen atoms in total. The molecule has 164 valence electrons. The summed E-state index contributed by atoms with van der Waals surface area (Å²) in [5.74, 6) is 0.338. The molecule has 2 aromatic carbocycles. The summed E-state index contributed by atoms with van der Waals surface area (Å²) in [4.78, 5) is 13.0. The first-order valence-corrected chi connectivity index (χ1v) is 11.4. The molecule has 2 rings (SSSR count). The third-order valence-corrected chi connectivity index (χ3v) is 5.04. The van der Waals surface area contributed by atoms with Gasteiger partial charge >= 0.3 is 0 Å². The number of benzene rings is 2. The van der Waals surface area contributed by atoms with Crippen molar-refractivity contribution in [3.05, 3.63) is 65.0 Å². The number of ether oxygens (including phenoxy) is 2. The average Bonchev–Trinajstić information content (AvgIpc) is 2.75. The van der Waals surface area contributed by atoms with E-state index in [-0.39, 0.29) is 11.3 Å². The molecule has 0 saturated heterocycles. The van der Waals surface area contributed by atoms with Gasteiger partial charge in [-0.3, -0.25) is 4.79 Å². The predicted octanol–water partition coefficient (Wildman–Crippen LogP) is 7.40. The number of halogens is 2. The number of Topliss-reactive ketones (excluding diaryl/α,β-unsaturated/α-hetero) is 1. The third kappa shape index (κ3) is 7.28. The minimum Gasteiger partial charge on any atom is -0.497 e. The summed E-state index contributed by atoms with van der Waals surface area (Å²) in [5, 5.41) is 1.16. The number of allylic oxidation sites excluding steroid dienone is 2. The number of alkyl halides is 1. The largest absolute Gasteiger partial charge is 0.497 e. The topological polar surface area (TPSA) is 35.5 Å². The first kappa shape index (κ1) is 25.9. The van der Waals surface area contributed by atoms with Crippen LogP contribution in [-0.2, 0) is 0 Å². The van der Waals surface area contributed by atoms with Gasteiger partial charge in [0.25, 0.3) is 0 Å². The van der Waals surface area contributed by atoms with Crippen LogP contribution in [0.5, 0.6) is 11.5 Å². The van der Waals surface area contributed by atoms with Crippen molar-refractivity contribution in [1.29, 1.82) is 0 Å². The van der Waals surface area contributed by atoms with E-state index in [9.17, 15) is 9.18 Å². The van der Waals surface area contributed by atoms with Crippen molar-refractivity contribution >= 4 is 27.3 Å². The molecule has 0 heterocycles. The molecule has 30 heavy (non-hydrogen) atoms. The van der Waals surface area contributed by atoms with Crippen molar-refractivity contribution in [3.8, 4) is 11.5 Å². The first-order valence-electron chi connectivity index (χ1n) is 10.3. The Morgan fingerprint density at radius 1 is 1.10 bits per heavy atom. The van der Waals surface area contributed by atoms with Gasteiger partial charge in [-0.2, -0.15) is 0 Å². The third-order valence-electron chi connectivity index (χ3n) is 4.47. The van der Waals surface area contributed by atoms with Crippen LogP contribution in [0.4, 0.5) is 4.39 Å². The van der Waals surface area contributed by atoms with E-state index in [1.165, 1.54) is 18.9 Å². The Hall–Kier alpha value is -2.14. The number of methoxy groups -OCH3 is 1. The Morgan fingerprint density at radius 2 is 1.77 bits per heavy atom. The summed E-state index contributed by atoms with van der Waals surface area (Å²) < 4.78 is 25.2. The lowest BCUT2D eigenvalue weighted by Gasteiger charge is -2.14. The van der Waals surface area contributed by atoms with Gasteiger partial charge in [0.05, 0.1) is 19.3 Å². The minimum atomic E-state index is -0.542. The normalized spacial score (nSPS) is 10.8. The standard InChI is InChI=1S/C21H23FO3.C4H9Br/c1-5-13-25-19-12-11-18(22)20(14(19)3)21(23)17(6-2)15-7-9-16(24-4)10-8-15;1-2-3-4-5/h6-12H,5,13H2,1-4H3;2-4H2,1H3/b17-6-;. The number of hydrogen-bond donors (Lipinski definition) is 0. The van der Waals surface area contributed by atoms with Gasteiger partial charge in [-0.15, -0.1) is 0 Å². The monoisotopic (exact) mass is 478 g/mol. The number of hydrogen-bond acceptors (Lipinski definition) is 3. The lowest BCUT2D eigenvalue weighted by molar-refractivity contribution is 0.105. The van der Waals surface area contributed by atoms with E-state index in [1.54, 1.807) is 57.4 Å². The van der Waals surface area contributed by atoms with E-state index in [2.05, 4.69) is 22.9 Å². The molecule has 0 amide bonds. The van der Waals surface area contributed by atoms with E-state index < -0.39 is 5.82 Å². The van der Waals surface area contributed by atoms with Gasteiger partial charge in [0.15, 0.2) is 5.78 Å². The fourth-order valence-corrected chi connectivity index (χ4v) is 3.34. The Bertz CT molecular complexity index is 827. The number of rotatable bonds is 9. The summed E-state index contributed by atoms with van der Waals surface area (Å²) in [6.45, 7) is 8.17. The maximum absolute atomic E-state index is 14.4. The van der Waals surface area contributed by atoms with Crippen molar-refractivity contribution in [3.63, 3.8) is 0 Å². The van der Waals surface area contributed by atoms with Crippen molar-refractivity contribution in [2.75, 3.05) is 19.0 Å². The number of unbranched alkanes of at least 4 members (excludes halogenated alkanes) is 1. The summed E-state index contributed by atoms with van der Waals surface area (Å²) in [5.41, 5.74) is 1.73. The lowest BCUT2D eigenvalue weighted by atomic mass is 9.93. The molecule has 2 aromatic rings. The van der Waals surface area contributed by atoms with Gasteiger partial charge in [-0.25, -0.2) is 4.39 Å². The highest BCUT2D eigenvalue weighted by atomic mass is 79.9. The van der Waals surface area contributed by atoms with Crippen LogP contribution < -0.4 is 9.47 Å². The van der Waals surface area contributed by atoms with E-state index in [1.807, 2.05) is 6.92 Å². The SMILES string of the molecule is C/C=C(\C(=O)c1c(F)ccc(OCCC)c1C)c1ccc(OC)cc1.CCCCBr. The second-order valence-electron chi connectivity index (χ2n) is 6.70. The van der Waals surface area contributed by atoms with E-state index in [4.69, 9.17) is 9.47 Å².